The number of aliphatic hydroxyl groups is 1. The van der Waals surface area contributed by atoms with Crippen LogP contribution in [-0.2, 0) is 13.5 Å². The van der Waals surface area contributed by atoms with Gasteiger partial charge in [-0.25, -0.2) is 8.78 Å². The SMILES string of the molecule is Cn1cc(CCNCC(O)c2cc(F)ccc2F)cn1. The van der Waals surface area contributed by atoms with Crippen molar-refractivity contribution in [2.45, 2.75) is 12.5 Å². The lowest BCUT2D eigenvalue weighted by Gasteiger charge is -2.13. The van der Waals surface area contributed by atoms with E-state index < -0.39 is 17.7 Å². The molecule has 6 heteroatoms. The summed E-state index contributed by atoms with van der Waals surface area (Å²) < 4.78 is 28.2. The molecule has 1 aromatic heterocycles. The minimum atomic E-state index is -1.07. The van der Waals surface area contributed by atoms with Crippen molar-refractivity contribution in [1.82, 2.24) is 15.1 Å². The molecule has 1 heterocycles. The van der Waals surface area contributed by atoms with Crippen molar-refractivity contribution in [2.24, 2.45) is 7.05 Å². The molecule has 0 bridgehead atoms. The van der Waals surface area contributed by atoms with Crippen molar-refractivity contribution in [1.29, 1.82) is 0 Å². The first-order valence-electron chi connectivity index (χ1n) is 6.37. The quantitative estimate of drug-likeness (QED) is 0.790. The van der Waals surface area contributed by atoms with Crippen LogP contribution in [0.15, 0.2) is 30.6 Å². The maximum atomic E-state index is 13.4. The first-order valence-corrected chi connectivity index (χ1v) is 6.37. The second-order valence-corrected chi connectivity index (χ2v) is 4.66. The van der Waals surface area contributed by atoms with Crippen LogP contribution in [0.2, 0.25) is 0 Å². The van der Waals surface area contributed by atoms with Crippen LogP contribution in [0.4, 0.5) is 8.78 Å². The number of rotatable bonds is 6. The van der Waals surface area contributed by atoms with Crippen LogP contribution < -0.4 is 5.32 Å². The zero-order valence-electron chi connectivity index (χ0n) is 11.2. The number of benzene rings is 1. The summed E-state index contributed by atoms with van der Waals surface area (Å²) in [6.45, 7) is 0.792. The Kier molecular flexibility index (Phi) is 4.81. The normalized spacial score (nSPS) is 12.6. The topological polar surface area (TPSA) is 50.1 Å². The lowest BCUT2D eigenvalue weighted by Crippen LogP contribution is -2.24. The van der Waals surface area contributed by atoms with E-state index in [1.807, 2.05) is 13.2 Å². The fraction of sp³-hybridized carbons (Fsp3) is 0.357. The van der Waals surface area contributed by atoms with Gasteiger partial charge in [0.2, 0.25) is 0 Å². The van der Waals surface area contributed by atoms with Crippen molar-refractivity contribution in [2.75, 3.05) is 13.1 Å². The summed E-state index contributed by atoms with van der Waals surface area (Å²) in [5.74, 6) is -1.16. The zero-order valence-corrected chi connectivity index (χ0v) is 11.2. The van der Waals surface area contributed by atoms with Crippen molar-refractivity contribution < 1.29 is 13.9 Å². The third-order valence-electron chi connectivity index (χ3n) is 3.00. The smallest absolute Gasteiger partial charge is 0.129 e. The van der Waals surface area contributed by atoms with Crippen molar-refractivity contribution in [3.8, 4) is 0 Å². The molecule has 1 unspecified atom stereocenters. The second kappa shape index (κ2) is 6.58. The van der Waals surface area contributed by atoms with Crippen LogP contribution in [0.1, 0.15) is 17.2 Å². The molecule has 0 aliphatic rings. The first-order chi connectivity index (χ1) is 9.56. The minimum absolute atomic E-state index is 0.0288. The molecule has 4 nitrogen and oxygen atoms in total. The highest BCUT2D eigenvalue weighted by molar-refractivity contribution is 5.21. The average Bonchev–Trinajstić information content (AvgIpc) is 2.83. The van der Waals surface area contributed by atoms with E-state index in [-0.39, 0.29) is 12.1 Å². The Morgan fingerprint density at radius 2 is 2.20 bits per heavy atom. The van der Waals surface area contributed by atoms with Gasteiger partial charge in [0.15, 0.2) is 0 Å². The Morgan fingerprint density at radius 1 is 1.40 bits per heavy atom. The molecule has 0 spiro atoms. The van der Waals surface area contributed by atoms with Crippen LogP contribution in [0, 0.1) is 11.6 Å². The Balaban J connectivity index is 1.80. The van der Waals surface area contributed by atoms with E-state index in [2.05, 4.69) is 10.4 Å². The summed E-state index contributed by atoms with van der Waals surface area (Å²) in [5, 5.41) is 16.9. The van der Waals surface area contributed by atoms with E-state index in [9.17, 15) is 13.9 Å². The van der Waals surface area contributed by atoms with Gasteiger partial charge < -0.3 is 10.4 Å². The average molecular weight is 281 g/mol. The highest BCUT2D eigenvalue weighted by Gasteiger charge is 2.13. The van der Waals surface area contributed by atoms with Gasteiger partial charge in [0.05, 0.1) is 12.3 Å². The molecule has 1 aromatic carbocycles. The molecule has 0 amide bonds. The van der Waals surface area contributed by atoms with Gasteiger partial charge in [0.1, 0.15) is 11.6 Å². The highest BCUT2D eigenvalue weighted by atomic mass is 19.1. The summed E-state index contributed by atoms with van der Waals surface area (Å²) in [4.78, 5) is 0. The standard InChI is InChI=1S/C14H17F2N3O/c1-19-9-10(7-18-19)4-5-17-8-14(20)12-6-11(15)2-3-13(12)16/h2-3,6-7,9,14,17,20H,4-5,8H2,1H3. The van der Waals surface area contributed by atoms with Gasteiger partial charge in [-0.05, 0) is 36.7 Å². The van der Waals surface area contributed by atoms with Crippen LogP contribution in [0.5, 0.6) is 0 Å². The van der Waals surface area contributed by atoms with E-state index in [1.54, 1.807) is 10.9 Å². The first kappa shape index (κ1) is 14.6. The highest BCUT2D eigenvalue weighted by Crippen LogP contribution is 2.17. The van der Waals surface area contributed by atoms with Crippen LogP contribution in [0.3, 0.4) is 0 Å². The van der Waals surface area contributed by atoms with Crippen molar-refractivity contribution >= 4 is 0 Å². The Labute approximate surface area is 116 Å². The van der Waals surface area contributed by atoms with Crippen LogP contribution in [0.25, 0.3) is 0 Å². The zero-order chi connectivity index (χ0) is 14.5. The number of nitrogens with one attached hydrogen (secondary N) is 1. The maximum Gasteiger partial charge on any atom is 0.129 e. The van der Waals surface area contributed by atoms with Gasteiger partial charge in [-0.15, -0.1) is 0 Å². The molecule has 0 saturated heterocycles. The molecule has 2 rings (SSSR count). The lowest BCUT2D eigenvalue weighted by molar-refractivity contribution is 0.170. The number of aryl methyl sites for hydroxylation is 1. The molecule has 0 aliphatic carbocycles. The summed E-state index contributed by atoms with van der Waals surface area (Å²) in [7, 11) is 1.84. The van der Waals surface area contributed by atoms with Gasteiger partial charge in [-0.3, -0.25) is 4.68 Å². The number of halogens is 2. The van der Waals surface area contributed by atoms with Gasteiger partial charge in [-0.1, -0.05) is 0 Å². The number of nitrogens with zero attached hydrogens (tertiary/aromatic N) is 2. The van der Waals surface area contributed by atoms with Crippen molar-refractivity contribution in [3.63, 3.8) is 0 Å². The summed E-state index contributed by atoms with van der Waals surface area (Å²) in [5.41, 5.74) is 1.05. The number of hydrogen-bond acceptors (Lipinski definition) is 3. The number of aliphatic hydroxyl groups excluding tert-OH is 1. The van der Waals surface area contributed by atoms with Gasteiger partial charge >= 0.3 is 0 Å². The van der Waals surface area contributed by atoms with E-state index in [1.165, 1.54) is 0 Å². The van der Waals surface area contributed by atoms with Crippen LogP contribution >= 0.6 is 0 Å². The predicted molar refractivity (Wildman–Crippen MR) is 71.1 cm³/mol. The van der Waals surface area contributed by atoms with Gasteiger partial charge in [0.25, 0.3) is 0 Å². The summed E-state index contributed by atoms with van der Waals surface area (Å²) in [6.07, 6.45) is 3.36. The monoisotopic (exact) mass is 281 g/mol. The Hall–Kier alpha value is -1.79. The molecular weight excluding hydrogens is 264 g/mol. The van der Waals surface area contributed by atoms with E-state index in [0.717, 1.165) is 30.2 Å². The third-order valence-corrected chi connectivity index (χ3v) is 3.00. The molecular formula is C14H17F2N3O. The molecule has 0 saturated carbocycles. The van der Waals surface area contributed by atoms with Gasteiger partial charge in [-0.2, -0.15) is 5.10 Å². The third kappa shape index (κ3) is 3.85. The summed E-state index contributed by atoms with van der Waals surface area (Å²) >= 11 is 0. The fourth-order valence-electron chi connectivity index (χ4n) is 1.95. The molecule has 1 atom stereocenters. The molecule has 20 heavy (non-hydrogen) atoms. The van der Waals surface area contributed by atoms with E-state index in [0.29, 0.717) is 6.54 Å². The van der Waals surface area contributed by atoms with Crippen molar-refractivity contribution in [3.05, 3.63) is 53.4 Å². The largest absolute Gasteiger partial charge is 0.387 e. The molecule has 0 radical (unpaired) electrons. The van der Waals surface area contributed by atoms with Crippen LogP contribution in [-0.4, -0.2) is 28.0 Å². The van der Waals surface area contributed by atoms with E-state index in [4.69, 9.17) is 0 Å². The number of hydrogen-bond donors (Lipinski definition) is 2. The molecule has 108 valence electrons. The lowest BCUT2D eigenvalue weighted by atomic mass is 10.1. The molecule has 0 aliphatic heterocycles. The predicted octanol–water partition coefficient (Wildman–Crippen LogP) is 1.56. The molecule has 0 fully saturated rings. The Morgan fingerprint density at radius 3 is 2.90 bits per heavy atom. The molecule has 2 aromatic rings. The van der Waals surface area contributed by atoms with E-state index >= 15 is 0 Å². The fourth-order valence-corrected chi connectivity index (χ4v) is 1.95. The Bertz CT molecular complexity index is 571. The minimum Gasteiger partial charge on any atom is -0.387 e. The van der Waals surface area contributed by atoms with Gasteiger partial charge in [0, 0.05) is 25.4 Å². The summed E-state index contributed by atoms with van der Waals surface area (Å²) in [6, 6.07) is 3.06. The second-order valence-electron chi connectivity index (χ2n) is 4.66. The maximum absolute atomic E-state index is 13.4. The number of aromatic nitrogens is 2. The molecule has 2 N–H and O–H groups in total.